The molecule has 1 aliphatic heterocycles. The van der Waals surface area contributed by atoms with Crippen LogP contribution < -0.4 is 21.7 Å². The molecule has 148 valence electrons. The van der Waals surface area contributed by atoms with Crippen molar-refractivity contribution in [1.82, 2.24) is 31.8 Å². The van der Waals surface area contributed by atoms with Gasteiger partial charge in [-0.1, -0.05) is 35.5 Å². The zero-order valence-electron chi connectivity index (χ0n) is 15.7. The number of carbonyl (C=O) groups excluding carboxylic acids is 2. The zero-order valence-corrected chi connectivity index (χ0v) is 15.7. The molecule has 9 nitrogen and oxygen atoms in total. The number of nitrogens with one attached hydrogen (secondary N) is 4. The standard InChI is InChI=1S/C20H20N6O3/c1-12-21-20(29-26-12)15-9-7-14(8-10-15)18(27)24-25-19(28)17-11-16(22-23-17)13-5-3-2-4-6-13/h2-10,16-17,22-23H,11H2,1H3,(H,24,27)(H,25,28). The Labute approximate surface area is 166 Å². The highest BCUT2D eigenvalue weighted by atomic mass is 16.5. The fraction of sp³-hybridized carbons (Fsp3) is 0.200. The molecule has 1 aromatic heterocycles. The zero-order chi connectivity index (χ0) is 20.2. The number of amides is 2. The van der Waals surface area contributed by atoms with Gasteiger partial charge in [-0.2, -0.15) is 4.98 Å². The molecule has 1 fully saturated rings. The van der Waals surface area contributed by atoms with Crippen molar-refractivity contribution in [2.24, 2.45) is 0 Å². The van der Waals surface area contributed by atoms with Gasteiger partial charge < -0.3 is 4.52 Å². The SMILES string of the molecule is Cc1noc(-c2ccc(C(=O)NNC(=O)C3CC(c4ccccc4)NN3)cc2)n1. The van der Waals surface area contributed by atoms with Crippen LogP contribution in [-0.4, -0.2) is 28.0 Å². The summed E-state index contributed by atoms with van der Waals surface area (Å²) in [5, 5.41) is 3.74. The Morgan fingerprint density at radius 3 is 2.48 bits per heavy atom. The number of nitrogens with zero attached hydrogens (tertiary/aromatic N) is 2. The fourth-order valence-electron chi connectivity index (χ4n) is 3.09. The number of benzene rings is 2. The average molecular weight is 392 g/mol. The van der Waals surface area contributed by atoms with Gasteiger partial charge in [0.05, 0.1) is 0 Å². The van der Waals surface area contributed by atoms with Gasteiger partial charge in [-0.25, -0.2) is 10.9 Å². The highest BCUT2D eigenvalue weighted by Crippen LogP contribution is 2.21. The fourth-order valence-corrected chi connectivity index (χ4v) is 3.09. The molecule has 0 bridgehead atoms. The third kappa shape index (κ3) is 4.31. The first-order chi connectivity index (χ1) is 14.1. The molecule has 2 amide bonds. The summed E-state index contributed by atoms with van der Waals surface area (Å²) in [6, 6.07) is 16.1. The number of hydrogen-bond acceptors (Lipinski definition) is 7. The second-order valence-corrected chi connectivity index (χ2v) is 6.71. The Balaban J connectivity index is 1.30. The van der Waals surface area contributed by atoms with E-state index in [0.29, 0.717) is 29.3 Å². The first-order valence-electron chi connectivity index (χ1n) is 9.17. The minimum atomic E-state index is -0.455. The Bertz CT molecular complexity index is 1000. The molecule has 29 heavy (non-hydrogen) atoms. The van der Waals surface area contributed by atoms with E-state index < -0.39 is 11.9 Å². The summed E-state index contributed by atoms with van der Waals surface area (Å²) >= 11 is 0. The highest BCUT2D eigenvalue weighted by Gasteiger charge is 2.30. The lowest BCUT2D eigenvalue weighted by atomic mass is 10.0. The molecule has 0 aliphatic carbocycles. The minimum Gasteiger partial charge on any atom is -0.334 e. The number of aromatic nitrogens is 2. The van der Waals surface area contributed by atoms with Crippen LogP contribution in [0, 0.1) is 6.92 Å². The largest absolute Gasteiger partial charge is 0.334 e. The lowest BCUT2D eigenvalue weighted by Crippen LogP contribution is -2.50. The summed E-state index contributed by atoms with van der Waals surface area (Å²) in [6.45, 7) is 1.73. The van der Waals surface area contributed by atoms with Crippen molar-refractivity contribution in [3.63, 3.8) is 0 Å². The van der Waals surface area contributed by atoms with E-state index in [1.165, 1.54) is 0 Å². The number of hydrazine groups is 2. The average Bonchev–Trinajstić information content (AvgIpc) is 3.42. The van der Waals surface area contributed by atoms with Gasteiger partial charge >= 0.3 is 0 Å². The number of aryl methyl sites for hydroxylation is 1. The normalized spacial score (nSPS) is 18.4. The van der Waals surface area contributed by atoms with Crippen LogP contribution in [0.3, 0.4) is 0 Å². The lowest BCUT2D eigenvalue weighted by molar-refractivity contribution is -0.123. The predicted octanol–water partition coefficient (Wildman–Crippen LogP) is 1.41. The van der Waals surface area contributed by atoms with Crippen molar-refractivity contribution in [3.8, 4) is 11.5 Å². The molecule has 0 saturated carbocycles. The van der Waals surface area contributed by atoms with Gasteiger partial charge in [0, 0.05) is 17.2 Å². The van der Waals surface area contributed by atoms with Gasteiger partial charge in [-0.15, -0.1) is 0 Å². The second-order valence-electron chi connectivity index (χ2n) is 6.71. The van der Waals surface area contributed by atoms with Crippen molar-refractivity contribution in [2.75, 3.05) is 0 Å². The van der Waals surface area contributed by atoms with Crippen LogP contribution in [0.2, 0.25) is 0 Å². The van der Waals surface area contributed by atoms with Crippen molar-refractivity contribution < 1.29 is 14.1 Å². The Morgan fingerprint density at radius 1 is 1.03 bits per heavy atom. The summed E-state index contributed by atoms with van der Waals surface area (Å²) in [6.07, 6.45) is 0.573. The molecule has 0 spiro atoms. The van der Waals surface area contributed by atoms with E-state index in [1.54, 1.807) is 31.2 Å². The van der Waals surface area contributed by atoms with Gasteiger partial charge in [-0.05, 0) is 43.2 Å². The molecule has 3 aromatic rings. The van der Waals surface area contributed by atoms with Crippen LogP contribution >= 0.6 is 0 Å². The first-order valence-corrected chi connectivity index (χ1v) is 9.17. The number of carbonyl (C=O) groups is 2. The highest BCUT2D eigenvalue weighted by molar-refractivity contribution is 5.96. The molecule has 1 aliphatic rings. The summed E-state index contributed by atoms with van der Waals surface area (Å²) in [4.78, 5) is 28.8. The molecule has 2 atom stereocenters. The summed E-state index contributed by atoms with van der Waals surface area (Å²) < 4.78 is 5.10. The van der Waals surface area contributed by atoms with E-state index in [1.807, 2.05) is 30.3 Å². The van der Waals surface area contributed by atoms with Crippen LogP contribution in [0.15, 0.2) is 59.1 Å². The summed E-state index contributed by atoms with van der Waals surface area (Å²) in [5.41, 5.74) is 13.2. The molecule has 2 unspecified atom stereocenters. The van der Waals surface area contributed by atoms with Crippen molar-refractivity contribution >= 4 is 11.8 Å². The first kappa shape index (κ1) is 18.8. The lowest BCUT2D eigenvalue weighted by Gasteiger charge is -2.12. The van der Waals surface area contributed by atoms with Crippen LogP contribution in [0.1, 0.15) is 34.2 Å². The maximum atomic E-state index is 12.3. The van der Waals surface area contributed by atoms with Crippen LogP contribution in [0.5, 0.6) is 0 Å². The van der Waals surface area contributed by atoms with Crippen molar-refractivity contribution in [1.29, 1.82) is 0 Å². The van der Waals surface area contributed by atoms with E-state index >= 15 is 0 Å². The van der Waals surface area contributed by atoms with E-state index in [0.717, 1.165) is 5.56 Å². The smallest absolute Gasteiger partial charge is 0.269 e. The van der Waals surface area contributed by atoms with Crippen LogP contribution in [0.4, 0.5) is 0 Å². The van der Waals surface area contributed by atoms with Crippen LogP contribution in [-0.2, 0) is 4.79 Å². The summed E-state index contributed by atoms with van der Waals surface area (Å²) in [5.74, 6) is 0.184. The van der Waals surface area contributed by atoms with Gasteiger partial charge in [0.15, 0.2) is 5.82 Å². The third-order valence-corrected chi connectivity index (χ3v) is 4.64. The molecule has 2 heterocycles. The topological polar surface area (TPSA) is 121 Å². The van der Waals surface area contributed by atoms with Crippen molar-refractivity contribution in [2.45, 2.75) is 25.4 Å². The Hall–Kier alpha value is -3.56. The summed E-state index contributed by atoms with van der Waals surface area (Å²) in [7, 11) is 0. The molecule has 4 N–H and O–H groups in total. The molecular formula is C20H20N6O3. The predicted molar refractivity (Wildman–Crippen MR) is 104 cm³/mol. The van der Waals surface area contributed by atoms with Gasteiger partial charge in [0.25, 0.3) is 17.7 Å². The number of hydrogen-bond donors (Lipinski definition) is 4. The maximum absolute atomic E-state index is 12.3. The monoisotopic (exact) mass is 392 g/mol. The maximum Gasteiger partial charge on any atom is 0.269 e. The quantitative estimate of drug-likeness (QED) is 0.495. The van der Waals surface area contributed by atoms with E-state index in [-0.39, 0.29) is 11.9 Å². The Kier molecular flexibility index (Phi) is 5.32. The Morgan fingerprint density at radius 2 is 1.79 bits per heavy atom. The molecule has 1 saturated heterocycles. The van der Waals surface area contributed by atoms with E-state index in [2.05, 4.69) is 31.8 Å². The molecule has 2 aromatic carbocycles. The third-order valence-electron chi connectivity index (χ3n) is 4.64. The van der Waals surface area contributed by atoms with E-state index in [4.69, 9.17) is 4.52 Å². The van der Waals surface area contributed by atoms with Crippen LogP contribution in [0.25, 0.3) is 11.5 Å². The van der Waals surface area contributed by atoms with Gasteiger partial charge in [0.2, 0.25) is 0 Å². The minimum absolute atomic E-state index is 0.0310. The van der Waals surface area contributed by atoms with E-state index in [9.17, 15) is 9.59 Å². The molecule has 0 radical (unpaired) electrons. The number of rotatable bonds is 4. The molecular weight excluding hydrogens is 372 g/mol. The molecule has 4 rings (SSSR count). The molecule has 9 heteroatoms. The van der Waals surface area contributed by atoms with Crippen molar-refractivity contribution in [3.05, 3.63) is 71.5 Å². The van der Waals surface area contributed by atoms with Gasteiger partial charge in [-0.3, -0.25) is 20.4 Å². The second kappa shape index (κ2) is 8.21. The van der Waals surface area contributed by atoms with Gasteiger partial charge in [0.1, 0.15) is 6.04 Å².